The van der Waals surface area contributed by atoms with Gasteiger partial charge in [0.2, 0.25) is 0 Å². The zero-order chi connectivity index (χ0) is 0. The first-order chi connectivity index (χ1) is 0. The Morgan fingerprint density at radius 1 is 0.500 bits per heavy atom. The molecule has 0 N–H and O–H groups in total. The van der Waals surface area contributed by atoms with Gasteiger partial charge in [-0.3, -0.25) is 0 Å². The van der Waals surface area contributed by atoms with E-state index in [-0.39, 0.29) is 97.4 Å². The fourth-order valence-corrected chi connectivity index (χ4v) is 0. The van der Waals surface area contributed by atoms with Crippen molar-refractivity contribution in [2.75, 3.05) is 0 Å². The SMILES string of the molecule is C.C.[Al].[Ti].[Ti].[Ti]. The number of hydrogen-bond acceptors (Lipinski definition) is 0. The molecule has 0 unspecified atom stereocenters. The minimum absolute atomic E-state index is 0. The Morgan fingerprint density at radius 2 is 0.500 bits per heavy atom. The molecule has 0 aliphatic heterocycles. The Morgan fingerprint density at radius 3 is 0.500 bits per heavy atom. The van der Waals surface area contributed by atoms with Crippen molar-refractivity contribution in [2.24, 2.45) is 0 Å². The van der Waals surface area contributed by atoms with Crippen LogP contribution < -0.4 is 0 Å². The molecule has 0 aromatic carbocycles. The normalized spacial score (nSPS) is 0. The molecular weight excluding hydrogens is 195 g/mol. The Kier molecular flexibility index (Phi) is 569. The standard InChI is InChI=1S/2CH4.Al.3Ti/h2*1H4;;;;. The summed E-state index contributed by atoms with van der Waals surface area (Å²) >= 11 is 0. The maximum Gasteiger partial charge on any atom is 0 e. The van der Waals surface area contributed by atoms with E-state index in [0.717, 1.165) is 0 Å². The van der Waals surface area contributed by atoms with Gasteiger partial charge in [-0.05, 0) is 0 Å². The smallest absolute Gasteiger partial charge is 0 e. The van der Waals surface area contributed by atoms with Crippen molar-refractivity contribution in [1.29, 1.82) is 0 Å². The summed E-state index contributed by atoms with van der Waals surface area (Å²) in [6.45, 7) is 0. The third kappa shape index (κ3) is 30.0. The predicted molar refractivity (Wildman–Crippen MR) is 19.2 cm³/mol. The zero-order valence-electron chi connectivity index (χ0n) is 2.08. The van der Waals surface area contributed by atoms with Crippen LogP contribution in [0.1, 0.15) is 14.9 Å². The summed E-state index contributed by atoms with van der Waals surface area (Å²) in [4.78, 5) is 0. The second-order valence-electron chi connectivity index (χ2n) is 0. The molecule has 0 nitrogen and oxygen atoms in total. The van der Waals surface area contributed by atoms with Crippen LogP contribution in [0.3, 0.4) is 0 Å². The fraction of sp³-hybridized carbons (Fsp3) is 1.00. The van der Waals surface area contributed by atoms with Crippen LogP contribution in [0.2, 0.25) is 0 Å². The Bertz CT molecular complexity index is 8.75. The molecule has 0 aliphatic carbocycles. The average Bonchev–Trinajstić information content (AvgIpc) is 0. The molecular formula is C2H8AlTi3. The second-order valence-corrected chi connectivity index (χ2v) is 0. The van der Waals surface area contributed by atoms with E-state index in [2.05, 4.69) is 0 Å². The van der Waals surface area contributed by atoms with Gasteiger partial charge < -0.3 is 0 Å². The van der Waals surface area contributed by atoms with Crippen LogP contribution in [0.4, 0.5) is 0 Å². The minimum atomic E-state index is 0. The van der Waals surface area contributed by atoms with Crippen LogP contribution in [0.25, 0.3) is 0 Å². The summed E-state index contributed by atoms with van der Waals surface area (Å²) in [6.07, 6.45) is 0. The molecule has 0 saturated heterocycles. The van der Waals surface area contributed by atoms with Crippen molar-refractivity contribution < 1.29 is 65.2 Å². The van der Waals surface area contributed by atoms with Gasteiger partial charge in [-0.25, -0.2) is 0 Å². The van der Waals surface area contributed by atoms with E-state index < -0.39 is 0 Å². The average molecular weight is 203 g/mol. The largest absolute Gasteiger partial charge is 0.0776 e. The maximum absolute atomic E-state index is 0. The Labute approximate surface area is 96.0 Å². The van der Waals surface area contributed by atoms with Crippen molar-refractivity contribution in [2.45, 2.75) is 14.9 Å². The first kappa shape index (κ1) is 71.4. The van der Waals surface area contributed by atoms with Crippen molar-refractivity contribution in [1.82, 2.24) is 0 Å². The van der Waals surface area contributed by atoms with E-state index in [9.17, 15) is 0 Å². The Balaban J connectivity index is 0. The quantitative estimate of drug-likeness (QED) is 0.512. The van der Waals surface area contributed by atoms with Gasteiger partial charge in [0.05, 0.1) is 0 Å². The molecule has 4 heteroatoms. The molecule has 3 radical (unpaired) electrons. The van der Waals surface area contributed by atoms with Gasteiger partial charge >= 0.3 is 0 Å². The fourth-order valence-electron chi connectivity index (χ4n) is 0. The van der Waals surface area contributed by atoms with Gasteiger partial charge in [-0.1, -0.05) is 14.9 Å². The van der Waals surface area contributed by atoms with Gasteiger partial charge in [-0.15, -0.1) is 0 Å². The van der Waals surface area contributed by atoms with E-state index in [1.807, 2.05) is 0 Å². The molecule has 0 aromatic rings. The van der Waals surface area contributed by atoms with E-state index in [1.165, 1.54) is 0 Å². The minimum Gasteiger partial charge on any atom is -0.0776 e. The molecule has 0 aromatic heterocycles. The van der Waals surface area contributed by atoms with E-state index >= 15 is 0 Å². The number of rotatable bonds is 0. The van der Waals surface area contributed by atoms with Crippen LogP contribution in [-0.4, -0.2) is 17.4 Å². The molecule has 0 fully saturated rings. The summed E-state index contributed by atoms with van der Waals surface area (Å²) in [5.74, 6) is 0. The van der Waals surface area contributed by atoms with Gasteiger partial charge in [0, 0.05) is 82.5 Å². The molecule has 0 saturated carbocycles. The summed E-state index contributed by atoms with van der Waals surface area (Å²) < 4.78 is 0. The van der Waals surface area contributed by atoms with E-state index in [1.54, 1.807) is 0 Å². The van der Waals surface area contributed by atoms with Gasteiger partial charge in [0.1, 0.15) is 0 Å². The van der Waals surface area contributed by atoms with Crippen LogP contribution in [0, 0.1) is 0 Å². The first-order valence-corrected chi connectivity index (χ1v) is 0. The van der Waals surface area contributed by atoms with Crippen LogP contribution in [0.5, 0.6) is 0 Å². The molecule has 0 atom stereocenters. The topological polar surface area (TPSA) is 0 Å². The molecule has 0 bridgehead atoms. The molecule has 0 heterocycles. The summed E-state index contributed by atoms with van der Waals surface area (Å²) in [5, 5.41) is 0. The summed E-state index contributed by atoms with van der Waals surface area (Å²) in [6, 6.07) is 0. The maximum atomic E-state index is 0. The van der Waals surface area contributed by atoms with Crippen molar-refractivity contribution in [3.63, 3.8) is 0 Å². The van der Waals surface area contributed by atoms with Gasteiger partial charge in [-0.2, -0.15) is 0 Å². The van der Waals surface area contributed by atoms with Gasteiger partial charge in [0.15, 0.2) is 0 Å². The monoisotopic (exact) mass is 203 g/mol. The zero-order valence-corrected chi connectivity index (χ0v) is 7.92. The second kappa shape index (κ2) is 47.8. The summed E-state index contributed by atoms with van der Waals surface area (Å²) in [7, 11) is 0. The predicted octanol–water partition coefficient (Wildman–Crippen LogP) is 0.884. The van der Waals surface area contributed by atoms with Crippen LogP contribution in [0.15, 0.2) is 0 Å². The third-order valence-corrected chi connectivity index (χ3v) is 0. The van der Waals surface area contributed by atoms with Gasteiger partial charge in [0.25, 0.3) is 0 Å². The van der Waals surface area contributed by atoms with Crippen LogP contribution >= 0.6 is 0 Å². The van der Waals surface area contributed by atoms with Crippen molar-refractivity contribution >= 4 is 17.4 Å². The van der Waals surface area contributed by atoms with E-state index in [0.29, 0.717) is 0 Å². The summed E-state index contributed by atoms with van der Waals surface area (Å²) in [5.41, 5.74) is 0. The molecule has 0 spiro atoms. The molecule has 6 heavy (non-hydrogen) atoms. The molecule has 0 aliphatic rings. The molecule has 31 valence electrons. The molecule has 0 amide bonds. The molecule has 0 rings (SSSR count). The Hall–Kier alpha value is 2.68. The third-order valence-electron chi connectivity index (χ3n) is 0. The van der Waals surface area contributed by atoms with Crippen molar-refractivity contribution in [3.05, 3.63) is 0 Å². The first-order valence-electron chi connectivity index (χ1n) is 0. The van der Waals surface area contributed by atoms with Crippen LogP contribution in [-0.2, 0) is 65.2 Å². The number of hydrogen-bond donors (Lipinski definition) is 0. The van der Waals surface area contributed by atoms with Crippen molar-refractivity contribution in [3.8, 4) is 0 Å². The van der Waals surface area contributed by atoms with E-state index in [4.69, 9.17) is 0 Å².